The summed E-state index contributed by atoms with van der Waals surface area (Å²) in [6, 6.07) is 13.5. The van der Waals surface area contributed by atoms with E-state index < -0.39 is 0 Å². The molecule has 1 fully saturated rings. The van der Waals surface area contributed by atoms with Crippen molar-refractivity contribution in [1.29, 1.82) is 0 Å². The molecule has 0 aliphatic carbocycles. The van der Waals surface area contributed by atoms with Gasteiger partial charge in [0.05, 0.1) is 6.17 Å². The van der Waals surface area contributed by atoms with Crippen molar-refractivity contribution in [2.45, 2.75) is 31.0 Å². The summed E-state index contributed by atoms with van der Waals surface area (Å²) in [5.41, 5.74) is 4.04. The van der Waals surface area contributed by atoms with E-state index in [1.165, 1.54) is 16.8 Å². The van der Waals surface area contributed by atoms with E-state index in [0.29, 0.717) is 24.0 Å². The molecular weight excluding hydrogens is 246 g/mol. The third kappa shape index (κ3) is 1.53. The van der Waals surface area contributed by atoms with Gasteiger partial charge in [-0.25, -0.2) is 0 Å². The van der Waals surface area contributed by atoms with Crippen LogP contribution >= 0.6 is 0 Å². The van der Waals surface area contributed by atoms with Gasteiger partial charge in [-0.2, -0.15) is 0 Å². The lowest BCUT2D eigenvalue weighted by molar-refractivity contribution is 0.267. The van der Waals surface area contributed by atoms with Crippen molar-refractivity contribution in [3.05, 3.63) is 59.9 Å². The Balaban J connectivity index is 1.83. The topological polar surface area (TPSA) is 28.2 Å². The first kappa shape index (κ1) is 11.9. The van der Waals surface area contributed by atoms with Crippen molar-refractivity contribution in [2.75, 3.05) is 12.4 Å². The Kier molecular flexibility index (Phi) is 2.57. The van der Waals surface area contributed by atoms with E-state index in [9.17, 15) is 0 Å². The van der Waals surface area contributed by atoms with Gasteiger partial charge in [0.2, 0.25) is 0 Å². The number of hydrogen-bond donors (Lipinski definition) is 1. The molecule has 0 bridgehead atoms. The number of anilines is 1. The molecule has 2 aliphatic rings. The lowest BCUT2D eigenvalue weighted by atomic mass is 9.81. The highest BCUT2D eigenvalue weighted by atomic mass is 15.3. The van der Waals surface area contributed by atoms with Crippen LogP contribution in [0.15, 0.2) is 48.8 Å². The number of benzene rings is 1. The quantitative estimate of drug-likeness (QED) is 0.859. The predicted molar refractivity (Wildman–Crippen MR) is 80.8 cm³/mol. The Bertz CT molecular complexity index is 625. The molecule has 1 aromatic carbocycles. The Hall–Kier alpha value is -1.87. The van der Waals surface area contributed by atoms with Gasteiger partial charge in [-0.05, 0) is 25.6 Å². The summed E-state index contributed by atoms with van der Waals surface area (Å²) in [7, 11) is 2.22. The zero-order valence-electron chi connectivity index (χ0n) is 11.8. The maximum atomic E-state index is 4.34. The van der Waals surface area contributed by atoms with Gasteiger partial charge in [-0.1, -0.05) is 30.3 Å². The number of likely N-dealkylation sites (N-methyl/N-ethyl adjacent to an activating group) is 1. The van der Waals surface area contributed by atoms with Crippen LogP contribution < -0.4 is 5.32 Å². The average Bonchev–Trinajstić information content (AvgIpc) is 2.97. The first-order valence-corrected chi connectivity index (χ1v) is 7.24. The van der Waals surface area contributed by atoms with Gasteiger partial charge in [0, 0.05) is 41.5 Å². The van der Waals surface area contributed by atoms with Crippen LogP contribution in [0.2, 0.25) is 0 Å². The van der Waals surface area contributed by atoms with Crippen LogP contribution in [0.5, 0.6) is 0 Å². The normalized spacial score (nSPS) is 31.7. The molecule has 4 rings (SSSR count). The number of likely N-dealkylation sites (tertiary alicyclic amines) is 1. The second-order valence-corrected chi connectivity index (χ2v) is 5.92. The van der Waals surface area contributed by atoms with Gasteiger partial charge < -0.3 is 5.32 Å². The minimum atomic E-state index is 0.384. The predicted octanol–water partition coefficient (Wildman–Crippen LogP) is 3.03. The van der Waals surface area contributed by atoms with Crippen molar-refractivity contribution in [2.24, 2.45) is 0 Å². The van der Waals surface area contributed by atoms with Crippen LogP contribution in [0.1, 0.15) is 29.9 Å². The zero-order valence-corrected chi connectivity index (χ0v) is 11.8. The first-order valence-electron chi connectivity index (χ1n) is 7.24. The molecule has 2 aromatic rings. The number of rotatable bonds is 1. The average molecular weight is 265 g/mol. The van der Waals surface area contributed by atoms with E-state index in [1.807, 2.05) is 12.4 Å². The highest BCUT2D eigenvalue weighted by Gasteiger charge is 2.50. The first-order chi connectivity index (χ1) is 9.77. The number of nitrogens with one attached hydrogen (secondary N) is 1. The molecule has 0 spiro atoms. The fraction of sp³-hybridized carbons (Fsp3) is 0.353. The summed E-state index contributed by atoms with van der Waals surface area (Å²) in [6.45, 7) is 2.33. The Morgan fingerprint density at radius 3 is 2.70 bits per heavy atom. The lowest BCUT2D eigenvalue weighted by Crippen LogP contribution is -2.35. The monoisotopic (exact) mass is 265 g/mol. The molecule has 0 amide bonds. The lowest BCUT2D eigenvalue weighted by Gasteiger charge is -2.25. The second-order valence-electron chi connectivity index (χ2n) is 5.92. The molecule has 4 atom stereocenters. The van der Waals surface area contributed by atoms with Crippen molar-refractivity contribution < 1.29 is 0 Å². The fourth-order valence-electron chi connectivity index (χ4n) is 3.94. The summed E-state index contributed by atoms with van der Waals surface area (Å²) in [5.74, 6) is 1.00. The van der Waals surface area contributed by atoms with Crippen LogP contribution in [0, 0.1) is 0 Å². The van der Waals surface area contributed by atoms with Crippen LogP contribution in [-0.4, -0.2) is 29.1 Å². The van der Waals surface area contributed by atoms with Gasteiger partial charge in [-0.3, -0.25) is 9.88 Å². The standard InChI is InChI=1S/C17H19N3/c1-11-15(12-6-4-3-5-7-12)16-13-10-18-9-8-14(13)19-17(16)20(11)2/h3-11,15-17,19H,1-2H3. The molecule has 20 heavy (non-hydrogen) atoms. The zero-order chi connectivity index (χ0) is 13.7. The number of fused-ring (bicyclic) bond motifs is 3. The highest BCUT2D eigenvalue weighted by molar-refractivity contribution is 5.60. The molecule has 2 aliphatic heterocycles. The number of nitrogens with zero attached hydrogens (tertiary/aromatic N) is 2. The molecule has 3 heterocycles. The Labute approximate surface area is 119 Å². The maximum Gasteiger partial charge on any atom is 0.0871 e. The van der Waals surface area contributed by atoms with E-state index in [0.717, 1.165) is 0 Å². The maximum absolute atomic E-state index is 4.34. The molecule has 0 radical (unpaired) electrons. The van der Waals surface area contributed by atoms with Crippen molar-refractivity contribution in [3.63, 3.8) is 0 Å². The van der Waals surface area contributed by atoms with Crippen molar-refractivity contribution >= 4 is 5.69 Å². The summed E-state index contributed by atoms with van der Waals surface area (Å²) in [5, 5.41) is 3.66. The molecule has 1 saturated heterocycles. The molecular formula is C17H19N3. The summed E-state index contributed by atoms with van der Waals surface area (Å²) in [6.07, 6.45) is 4.29. The third-order valence-corrected chi connectivity index (χ3v) is 5.03. The van der Waals surface area contributed by atoms with Gasteiger partial charge in [-0.15, -0.1) is 0 Å². The minimum absolute atomic E-state index is 0.384. The number of hydrogen-bond acceptors (Lipinski definition) is 3. The van der Waals surface area contributed by atoms with E-state index >= 15 is 0 Å². The molecule has 1 N–H and O–H groups in total. The van der Waals surface area contributed by atoms with Crippen molar-refractivity contribution in [1.82, 2.24) is 9.88 Å². The van der Waals surface area contributed by atoms with Gasteiger partial charge in [0.25, 0.3) is 0 Å². The van der Waals surface area contributed by atoms with Gasteiger partial charge in [0.15, 0.2) is 0 Å². The molecule has 4 unspecified atom stereocenters. The Morgan fingerprint density at radius 1 is 1.10 bits per heavy atom. The summed E-state index contributed by atoms with van der Waals surface area (Å²) < 4.78 is 0. The fourth-order valence-corrected chi connectivity index (χ4v) is 3.94. The van der Waals surface area contributed by atoms with E-state index in [1.54, 1.807) is 0 Å². The minimum Gasteiger partial charge on any atom is -0.369 e. The summed E-state index contributed by atoms with van der Waals surface area (Å²) in [4.78, 5) is 6.80. The molecule has 0 saturated carbocycles. The van der Waals surface area contributed by atoms with E-state index in [2.05, 4.69) is 65.6 Å². The van der Waals surface area contributed by atoms with Gasteiger partial charge >= 0.3 is 0 Å². The number of pyridine rings is 1. The Morgan fingerprint density at radius 2 is 1.90 bits per heavy atom. The van der Waals surface area contributed by atoms with Crippen LogP contribution in [0.3, 0.4) is 0 Å². The van der Waals surface area contributed by atoms with Gasteiger partial charge in [0.1, 0.15) is 0 Å². The SMILES string of the molecule is CC1C(c2ccccc2)C2c3cnccc3NC2N1C. The van der Waals surface area contributed by atoms with Crippen molar-refractivity contribution in [3.8, 4) is 0 Å². The third-order valence-electron chi connectivity index (χ3n) is 5.03. The molecule has 1 aromatic heterocycles. The van der Waals surface area contributed by atoms with Crippen LogP contribution in [-0.2, 0) is 0 Å². The molecule has 3 nitrogen and oxygen atoms in total. The van der Waals surface area contributed by atoms with Crippen LogP contribution in [0.4, 0.5) is 5.69 Å². The smallest absolute Gasteiger partial charge is 0.0871 e. The summed E-state index contributed by atoms with van der Waals surface area (Å²) >= 11 is 0. The van der Waals surface area contributed by atoms with E-state index in [4.69, 9.17) is 0 Å². The largest absolute Gasteiger partial charge is 0.369 e. The molecule has 102 valence electrons. The van der Waals surface area contributed by atoms with Crippen LogP contribution in [0.25, 0.3) is 0 Å². The highest BCUT2D eigenvalue weighted by Crippen LogP contribution is 2.52. The number of aromatic nitrogens is 1. The van der Waals surface area contributed by atoms with E-state index in [-0.39, 0.29) is 0 Å². The second kappa shape index (κ2) is 4.32. The molecule has 3 heteroatoms.